The number of aromatic hydroxyl groups is 1. The summed E-state index contributed by atoms with van der Waals surface area (Å²) >= 11 is 0. The lowest BCUT2D eigenvalue weighted by atomic mass is 9.94. The monoisotopic (exact) mass is 460 g/mol. The van der Waals surface area contributed by atoms with Gasteiger partial charge in [-0.15, -0.1) is 13.2 Å². The van der Waals surface area contributed by atoms with E-state index in [-0.39, 0.29) is 23.8 Å². The molecule has 7 nitrogen and oxygen atoms in total. The van der Waals surface area contributed by atoms with Gasteiger partial charge in [0, 0.05) is 17.7 Å². The Bertz CT molecular complexity index is 1170. The van der Waals surface area contributed by atoms with Crippen LogP contribution in [0.15, 0.2) is 65.8 Å². The SMILES string of the molecule is C/C(=N\OCc1ccc([N+](=O)[O-])cc1)c1cc(O)c(C)cc1-c1ccc(OC(F)(F)F)cc1. The summed E-state index contributed by atoms with van der Waals surface area (Å²) in [4.78, 5) is 15.6. The molecule has 1 N–H and O–H groups in total. The fourth-order valence-corrected chi connectivity index (χ4v) is 3.04. The van der Waals surface area contributed by atoms with E-state index in [1.807, 2.05) is 0 Å². The molecule has 0 aromatic heterocycles. The number of phenols is 1. The molecule has 0 radical (unpaired) electrons. The molecule has 172 valence electrons. The molecule has 0 saturated heterocycles. The fraction of sp³-hybridized carbons (Fsp3) is 0.174. The van der Waals surface area contributed by atoms with Crippen LogP contribution in [0.5, 0.6) is 11.5 Å². The molecular formula is C23H19F3N2O5. The van der Waals surface area contributed by atoms with Crippen LogP contribution in [0.1, 0.15) is 23.6 Å². The van der Waals surface area contributed by atoms with Gasteiger partial charge in [0.1, 0.15) is 18.1 Å². The van der Waals surface area contributed by atoms with Crippen molar-refractivity contribution in [2.24, 2.45) is 5.16 Å². The lowest BCUT2D eigenvalue weighted by Gasteiger charge is -2.14. The Morgan fingerprint density at radius 3 is 2.30 bits per heavy atom. The van der Waals surface area contributed by atoms with Gasteiger partial charge in [0.15, 0.2) is 0 Å². The maximum atomic E-state index is 12.4. The number of nitro benzene ring substituents is 1. The van der Waals surface area contributed by atoms with E-state index in [1.54, 1.807) is 32.0 Å². The molecular weight excluding hydrogens is 441 g/mol. The van der Waals surface area contributed by atoms with Gasteiger partial charge in [-0.25, -0.2) is 0 Å². The molecule has 0 bridgehead atoms. The number of oxime groups is 1. The predicted octanol–water partition coefficient (Wildman–Crippen LogP) is 6.12. The Labute approximate surface area is 186 Å². The van der Waals surface area contributed by atoms with E-state index in [2.05, 4.69) is 9.89 Å². The molecule has 0 amide bonds. The molecule has 0 unspecified atom stereocenters. The summed E-state index contributed by atoms with van der Waals surface area (Å²) < 4.78 is 41.2. The smallest absolute Gasteiger partial charge is 0.508 e. The average Bonchev–Trinajstić information content (AvgIpc) is 2.75. The number of aryl methyl sites for hydroxylation is 1. The summed E-state index contributed by atoms with van der Waals surface area (Å²) in [6.07, 6.45) is -4.79. The standard InChI is InChI=1S/C23H19F3N2O5/c1-14-11-21(17-5-9-19(10-6-17)33-23(24,25)26)20(12-22(14)29)15(2)27-32-13-16-3-7-18(8-4-16)28(30)31/h3-12,29H,13H2,1-2H3/b27-15+. The minimum Gasteiger partial charge on any atom is -0.508 e. The second kappa shape index (κ2) is 9.60. The predicted molar refractivity (Wildman–Crippen MR) is 115 cm³/mol. The lowest BCUT2D eigenvalue weighted by molar-refractivity contribution is -0.384. The third-order valence-electron chi connectivity index (χ3n) is 4.70. The van der Waals surface area contributed by atoms with E-state index in [0.717, 1.165) is 0 Å². The van der Waals surface area contributed by atoms with Crippen LogP contribution in [0.2, 0.25) is 0 Å². The number of nitro groups is 1. The second-order valence-electron chi connectivity index (χ2n) is 7.13. The minimum atomic E-state index is -4.79. The van der Waals surface area contributed by atoms with Gasteiger partial charge < -0.3 is 14.7 Å². The Morgan fingerprint density at radius 1 is 1.09 bits per heavy atom. The van der Waals surface area contributed by atoms with Gasteiger partial charge in [-0.2, -0.15) is 0 Å². The lowest BCUT2D eigenvalue weighted by Crippen LogP contribution is -2.16. The zero-order valence-electron chi connectivity index (χ0n) is 17.6. The Balaban J connectivity index is 1.83. The van der Waals surface area contributed by atoms with Gasteiger partial charge in [0.25, 0.3) is 5.69 Å². The van der Waals surface area contributed by atoms with Crippen LogP contribution in [0.4, 0.5) is 18.9 Å². The van der Waals surface area contributed by atoms with E-state index in [0.29, 0.717) is 33.5 Å². The highest BCUT2D eigenvalue weighted by atomic mass is 19.4. The number of halogens is 3. The number of non-ortho nitro benzene ring substituents is 1. The number of rotatable bonds is 7. The van der Waals surface area contributed by atoms with E-state index in [1.165, 1.54) is 42.5 Å². The van der Waals surface area contributed by atoms with Gasteiger partial charge >= 0.3 is 6.36 Å². The number of alkyl halides is 3. The molecule has 0 fully saturated rings. The zero-order chi connectivity index (χ0) is 24.2. The second-order valence-corrected chi connectivity index (χ2v) is 7.13. The van der Waals surface area contributed by atoms with Crippen molar-refractivity contribution >= 4 is 11.4 Å². The first-order chi connectivity index (χ1) is 15.5. The van der Waals surface area contributed by atoms with Gasteiger partial charge in [0.2, 0.25) is 0 Å². The van der Waals surface area contributed by atoms with Crippen molar-refractivity contribution in [2.45, 2.75) is 26.8 Å². The number of phenolic OH excluding ortho intramolecular Hbond substituents is 1. The molecule has 0 aliphatic heterocycles. The van der Waals surface area contributed by atoms with Crippen LogP contribution in [-0.2, 0) is 11.4 Å². The molecule has 0 saturated carbocycles. The molecule has 0 aliphatic rings. The molecule has 3 aromatic carbocycles. The first kappa shape index (κ1) is 23.6. The highest BCUT2D eigenvalue weighted by Crippen LogP contribution is 2.32. The average molecular weight is 460 g/mol. The van der Waals surface area contributed by atoms with Gasteiger partial charge in [-0.1, -0.05) is 17.3 Å². The van der Waals surface area contributed by atoms with Crippen LogP contribution in [0.25, 0.3) is 11.1 Å². The van der Waals surface area contributed by atoms with Crippen molar-refractivity contribution in [2.75, 3.05) is 0 Å². The summed E-state index contributed by atoms with van der Waals surface area (Å²) in [6.45, 7) is 3.41. The van der Waals surface area contributed by atoms with E-state index >= 15 is 0 Å². The molecule has 3 rings (SSSR count). The number of ether oxygens (including phenoxy) is 1. The number of nitrogens with zero attached hydrogens (tertiary/aromatic N) is 2. The molecule has 0 atom stereocenters. The van der Waals surface area contributed by atoms with Crippen LogP contribution in [0, 0.1) is 17.0 Å². The summed E-state index contributed by atoms with van der Waals surface area (Å²) in [5.41, 5.74) is 3.36. The Hall–Kier alpha value is -4.08. The molecule has 0 heterocycles. The van der Waals surface area contributed by atoms with E-state index < -0.39 is 11.3 Å². The van der Waals surface area contributed by atoms with Crippen molar-refractivity contribution < 1.29 is 32.8 Å². The van der Waals surface area contributed by atoms with Crippen LogP contribution < -0.4 is 4.74 Å². The largest absolute Gasteiger partial charge is 0.573 e. The summed E-state index contributed by atoms with van der Waals surface area (Å²) in [5.74, 6) is -0.323. The maximum Gasteiger partial charge on any atom is 0.573 e. The van der Waals surface area contributed by atoms with Crippen molar-refractivity contribution in [3.05, 3.63) is 87.5 Å². The van der Waals surface area contributed by atoms with Crippen LogP contribution >= 0.6 is 0 Å². The quantitative estimate of drug-likeness (QED) is 0.261. The molecule has 33 heavy (non-hydrogen) atoms. The Morgan fingerprint density at radius 2 is 1.73 bits per heavy atom. The third kappa shape index (κ3) is 6.22. The number of benzene rings is 3. The molecule has 0 aliphatic carbocycles. The summed E-state index contributed by atoms with van der Waals surface area (Å²) in [7, 11) is 0. The minimum absolute atomic E-state index is 0.0238. The third-order valence-corrected chi connectivity index (χ3v) is 4.70. The fourth-order valence-electron chi connectivity index (χ4n) is 3.04. The molecule has 0 spiro atoms. The number of hydrogen-bond acceptors (Lipinski definition) is 6. The summed E-state index contributed by atoms with van der Waals surface area (Å²) in [5, 5.41) is 25.0. The van der Waals surface area contributed by atoms with Crippen molar-refractivity contribution in [3.8, 4) is 22.6 Å². The highest BCUT2D eigenvalue weighted by molar-refractivity contribution is 6.04. The first-order valence-corrected chi connectivity index (χ1v) is 9.63. The first-order valence-electron chi connectivity index (χ1n) is 9.63. The van der Waals surface area contributed by atoms with Crippen molar-refractivity contribution in [3.63, 3.8) is 0 Å². The van der Waals surface area contributed by atoms with E-state index in [9.17, 15) is 28.4 Å². The van der Waals surface area contributed by atoms with Gasteiger partial charge in [0.05, 0.1) is 10.6 Å². The van der Waals surface area contributed by atoms with Gasteiger partial charge in [-0.3, -0.25) is 10.1 Å². The summed E-state index contributed by atoms with van der Waals surface area (Å²) in [6, 6.07) is 14.4. The number of hydrogen-bond donors (Lipinski definition) is 1. The van der Waals surface area contributed by atoms with Gasteiger partial charge in [-0.05, 0) is 72.5 Å². The normalized spacial score (nSPS) is 11.8. The van der Waals surface area contributed by atoms with E-state index in [4.69, 9.17) is 4.84 Å². The highest BCUT2D eigenvalue weighted by Gasteiger charge is 2.31. The van der Waals surface area contributed by atoms with Crippen molar-refractivity contribution in [1.29, 1.82) is 0 Å². The molecule has 10 heteroatoms. The van der Waals surface area contributed by atoms with Crippen LogP contribution in [0.3, 0.4) is 0 Å². The maximum absolute atomic E-state index is 12.4. The topological polar surface area (TPSA) is 94.2 Å². The Kier molecular flexibility index (Phi) is 6.86. The van der Waals surface area contributed by atoms with Crippen molar-refractivity contribution in [1.82, 2.24) is 0 Å². The molecule has 3 aromatic rings. The van der Waals surface area contributed by atoms with Crippen LogP contribution in [-0.4, -0.2) is 22.1 Å². The zero-order valence-corrected chi connectivity index (χ0v) is 17.6.